The van der Waals surface area contributed by atoms with Crippen molar-refractivity contribution in [2.45, 2.75) is 315 Å². The van der Waals surface area contributed by atoms with Crippen LogP contribution in [-0.4, -0.2) is 49.3 Å². The summed E-state index contributed by atoms with van der Waals surface area (Å²) in [5.74, 6) is -0.827. The zero-order valence-electron chi connectivity index (χ0n) is 53.7. The van der Waals surface area contributed by atoms with Gasteiger partial charge in [0.25, 0.3) is 0 Å². The van der Waals surface area contributed by atoms with Crippen LogP contribution in [0.25, 0.3) is 0 Å². The lowest BCUT2D eigenvalue weighted by atomic mass is 10.0. The van der Waals surface area contributed by atoms with Crippen LogP contribution >= 0.6 is 7.82 Å². The molecule has 9 nitrogen and oxygen atoms in total. The molecule has 0 aromatic heterocycles. The van der Waals surface area contributed by atoms with Gasteiger partial charge in [-0.3, -0.25) is 18.6 Å². The number of unbranched alkanes of at least 4 members (excludes halogenated alkanes) is 33. The predicted octanol–water partition coefficient (Wildman–Crippen LogP) is 22.5. The zero-order valence-corrected chi connectivity index (χ0v) is 54.5. The Bertz CT molecular complexity index is 1730. The number of esters is 2. The van der Waals surface area contributed by atoms with Gasteiger partial charge in [0, 0.05) is 19.4 Å². The third kappa shape index (κ3) is 67.7. The molecule has 0 saturated carbocycles. The Morgan fingerprint density at radius 2 is 0.663 bits per heavy atom. The summed E-state index contributed by atoms with van der Waals surface area (Å²) in [5, 5.41) is 0. The SMILES string of the molecule is CC/C=C\C/C=C\C/C=C\C/C=C\C/C=C\C/C=C\C/C=C\C/C=C\CCCCCCCCCCCCC(=O)OC(COC(=O)CCCCCCCCCCCCCCCCC/C=C\CCCCCCCCCC)COP(=O)(O)OCCN. The molecule has 0 aliphatic rings. The average Bonchev–Trinajstić information content (AvgIpc) is 3.48. The van der Waals surface area contributed by atoms with Gasteiger partial charge in [-0.25, -0.2) is 4.57 Å². The second-order valence-corrected chi connectivity index (χ2v) is 24.1. The van der Waals surface area contributed by atoms with Gasteiger partial charge >= 0.3 is 19.8 Å². The van der Waals surface area contributed by atoms with Gasteiger partial charge in [-0.2, -0.15) is 0 Å². The number of allylic oxidation sites excluding steroid dienone is 18. The van der Waals surface area contributed by atoms with E-state index in [-0.39, 0.29) is 38.6 Å². The molecule has 2 unspecified atom stereocenters. The van der Waals surface area contributed by atoms with Crippen molar-refractivity contribution in [3.05, 3.63) is 109 Å². The zero-order chi connectivity index (χ0) is 60.1. The number of hydrogen-bond donors (Lipinski definition) is 2. The highest BCUT2D eigenvalue weighted by Gasteiger charge is 2.26. The maximum absolute atomic E-state index is 12.8. The van der Waals surface area contributed by atoms with E-state index in [0.717, 1.165) is 96.3 Å². The molecule has 0 aliphatic carbocycles. The lowest BCUT2D eigenvalue weighted by molar-refractivity contribution is -0.161. The third-order valence-corrected chi connectivity index (χ3v) is 15.6. The highest BCUT2D eigenvalue weighted by Crippen LogP contribution is 2.43. The van der Waals surface area contributed by atoms with Gasteiger partial charge in [0.2, 0.25) is 0 Å². The van der Waals surface area contributed by atoms with E-state index in [0.29, 0.717) is 6.42 Å². The Morgan fingerprint density at radius 1 is 0.373 bits per heavy atom. The number of hydrogen-bond acceptors (Lipinski definition) is 8. The van der Waals surface area contributed by atoms with E-state index in [1.165, 1.54) is 180 Å². The van der Waals surface area contributed by atoms with E-state index in [4.69, 9.17) is 24.3 Å². The maximum Gasteiger partial charge on any atom is 0.472 e. The Kier molecular flexibility index (Phi) is 65.1. The Balaban J connectivity index is 3.93. The second kappa shape index (κ2) is 67.8. The first-order valence-electron chi connectivity index (χ1n) is 34.4. The number of ether oxygens (including phenoxy) is 2. The third-order valence-electron chi connectivity index (χ3n) is 14.6. The molecule has 0 aliphatic heterocycles. The van der Waals surface area contributed by atoms with E-state index in [1.807, 2.05) is 0 Å². The van der Waals surface area contributed by atoms with E-state index in [9.17, 15) is 19.0 Å². The van der Waals surface area contributed by atoms with Crippen LogP contribution in [0.15, 0.2) is 109 Å². The van der Waals surface area contributed by atoms with Crippen molar-refractivity contribution in [3.8, 4) is 0 Å². The van der Waals surface area contributed by atoms with E-state index in [1.54, 1.807) is 0 Å². The molecule has 0 rings (SSSR count). The number of phosphoric acid groups is 1. The van der Waals surface area contributed by atoms with Gasteiger partial charge in [-0.1, -0.05) is 303 Å². The Hall–Kier alpha value is -3.33. The van der Waals surface area contributed by atoms with Gasteiger partial charge in [0.1, 0.15) is 6.61 Å². The lowest BCUT2D eigenvalue weighted by Gasteiger charge is -2.19. The topological polar surface area (TPSA) is 134 Å². The summed E-state index contributed by atoms with van der Waals surface area (Å²) in [7, 11) is -4.40. The van der Waals surface area contributed by atoms with Crippen LogP contribution in [0.2, 0.25) is 0 Å². The van der Waals surface area contributed by atoms with Gasteiger partial charge in [-0.05, 0) is 103 Å². The minimum atomic E-state index is -4.40. The number of phosphoric ester groups is 1. The average molecular weight is 1180 g/mol. The molecule has 0 heterocycles. The normalized spacial score (nSPS) is 13.6. The van der Waals surface area contributed by atoms with Gasteiger partial charge in [0.15, 0.2) is 6.10 Å². The maximum atomic E-state index is 12.8. The van der Waals surface area contributed by atoms with Crippen LogP contribution in [0, 0.1) is 0 Å². The molecule has 0 aromatic carbocycles. The molecule has 478 valence electrons. The van der Waals surface area contributed by atoms with Crippen LogP contribution in [0.4, 0.5) is 0 Å². The van der Waals surface area contributed by atoms with Crippen molar-refractivity contribution in [2.24, 2.45) is 5.73 Å². The summed E-state index contributed by atoms with van der Waals surface area (Å²) in [6.07, 6.45) is 93.1. The van der Waals surface area contributed by atoms with Crippen molar-refractivity contribution >= 4 is 19.8 Å². The summed E-state index contributed by atoms with van der Waals surface area (Å²) in [6, 6.07) is 0. The predicted molar refractivity (Wildman–Crippen MR) is 358 cm³/mol. The molecule has 10 heteroatoms. The first-order chi connectivity index (χ1) is 40.8. The molecule has 0 saturated heterocycles. The van der Waals surface area contributed by atoms with Crippen LogP contribution in [0.1, 0.15) is 309 Å². The quantitative estimate of drug-likeness (QED) is 0.0264. The smallest absolute Gasteiger partial charge is 0.462 e. The van der Waals surface area contributed by atoms with Crippen LogP contribution in [0.5, 0.6) is 0 Å². The first kappa shape index (κ1) is 79.7. The van der Waals surface area contributed by atoms with Crippen molar-refractivity contribution in [2.75, 3.05) is 26.4 Å². The summed E-state index contributed by atoms with van der Waals surface area (Å²) in [4.78, 5) is 35.3. The number of nitrogens with two attached hydrogens (primary N) is 1. The van der Waals surface area contributed by atoms with Crippen LogP contribution in [-0.2, 0) is 32.7 Å². The van der Waals surface area contributed by atoms with E-state index in [2.05, 4.69) is 123 Å². The molecule has 3 N–H and O–H groups in total. The van der Waals surface area contributed by atoms with Crippen molar-refractivity contribution in [3.63, 3.8) is 0 Å². The summed E-state index contributed by atoms with van der Waals surface area (Å²) in [5.41, 5.74) is 5.40. The fraction of sp³-hybridized carbons (Fsp3) is 0.726. The molecule has 2 atom stereocenters. The monoisotopic (exact) mass is 1180 g/mol. The molecule has 0 spiro atoms. The summed E-state index contributed by atoms with van der Waals surface area (Å²) in [6.45, 7) is 3.65. The van der Waals surface area contributed by atoms with Gasteiger partial charge in [-0.15, -0.1) is 0 Å². The van der Waals surface area contributed by atoms with E-state index >= 15 is 0 Å². The van der Waals surface area contributed by atoms with Gasteiger partial charge in [0.05, 0.1) is 13.2 Å². The highest BCUT2D eigenvalue weighted by molar-refractivity contribution is 7.47. The molecular weight excluding hydrogens is 1050 g/mol. The molecule has 0 amide bonds. The standard InChI is InChI=1S/C73H128NO8P/c1-3-5-7-9-11-13-15-17-19-21-23-25-27-29-31-32-33-34-35-36-37-38-40-42-44-46-48-50-52-54-56-58-60-62-64-66-73(76)82-71(70-81-83(77,78)80-68-67-74)69-79-72(75)65-63-61-59-57-55-53-51-49-47-45-43-41-39-30-28-26-24-22-20-18-16-14-12-10-8-6-4-2/h5,7,11,13,17,19,22-25,29,31,33-34,36-37,40,42,71H,3-4,6,8-10,12,14-16,18,20-21,26-28,30,32,35,38-39,41,43-70,74H2,1-2H3,(H,77,78)/b7-5-,13-11-,19-17-,24-22-,25-23-,31-29-,34-33-,37-36-,42-40-. The summed E-state index contributed by atoms with van der Waals surface area (Å²) < 4.78 is 33.2. The van der Waals surface area contributed by atoms with Gasteiger partial charge < -0.3 is 20.1 Å². The molecule has 0 radical (unpaired) electrons. The number of rotatable bonds is 64. The van der Waals surface area contributed by atoms with E-state index < -0.39 is 26.5 Å². The highest BCUT2D eigenvalue weighted by atomic mass is 31.2. The lowest BCUT2D eigenvalue weighted by Crippen LogP contribution is -2.29. The first-order valence-corrected chi connectivity index (χ1v) is 35.9. The van der Waals surface area contributed by atoms with Crippen LogP contribution in [0.3, 0.4) is 0 Å². The molecule has 0 aromatic rings. The Labute approximate surface area is 511 Å². The fourth-order valence-electron chi connectivity index (χ4n) is 9.59. The number of carbonyl (C=O) groups is 2. The minimum absolute atomic E-state index is 0.0492. The van der Waals surface area contributed by atoms with Crippen LogP contribution < -0.4 is 5.73 Å². The molecule has 0 fully saturated rings. The molecule has 0 bridgehead atoms. The van der Waals surface area contributed by atoms with Crippen molar-refractivity contribution in [1.82, 2.24) is 0 Å². The second-order valence-electron chi connectivity index (χ2n) is 22.7. The Morgan fingerprint density at radius 3 is 1.00 bits per heavy atom. The molecule has 83 heavy (non-hydrogen) atoms. The largest absolute Gasteiger partial charge is 0.472 e. The van der Waals surface area contributed by atoms with Crippen molar-refractivity contribution < 1.29 is 37.6 Å². The fourth-order valence-corrected chi connectivity index (χ4v) is 10.4. The summed E-state index contributed by atoms with van der Waals surface area (Å²) >= 11 is 0. The minimum Gasteiger partial charge on any atom is -0.462 e. The number of carbonyl (C=O) groups excluding carboxylic acids is 2. The van der Waals surface area contributed by atoms with Crippen molar-refractivity contribution in [1.29, 1.82) is 0 Å². The molecular formula is C73H128NO8P.